The van der Waals surface area contributed by atoms with Crippen molar-refractivity contribution in [1.82, 2.24) is 15.4 Å². The molecule has 0 amide bonds. The zero-order valence-electron chi connectivity index (χ0n) is 10.2. The molecule has 1 unspecified atom stereocenters. The van der Waals surface area contributed by atoms with Gasteiger partial charge in [-0.3, -0.25) is 4.90 Å². The van der Waals surface area contributed by atoms with E-state index in [0.717, 1.165) is 37.6 Å². The Morgan fingerprint density at radius 2 is 2.50 bits per heavy atom. The highest BCUT2D eigenvalue weighted by atomic mass is 16.5. The first-order chi connectivity index (χ1) is 7.78. The van der Waals surface area contributed by atoms with Crippen molar-refractivity contribution in [1.29, 1.82) is 0 Å². The molecule has 0 aromatic carbocycles. The molecule has 4 heteroatoms. The van der Waals surface area contributed by atoms with Crippen molar-refractivity contribution in [2.75, 3.05) is 19.6 Å². The zero-order chi connectivity index (χ0) is 11.4. The van der Waals surface area contributed by atoms with Crippen molar-refractivity contribution >= 4 is 0 Å². The summed E-state index contributed by atoms with van der Waals surface area (Å²) in [5.41, 5.74) is 1.05. The molecule has 0 spiro atoms. The minimum Gasteiger partial charge on any atom is -0.361 e. The fourth-order valence-corrected chi connectivity index (χ4v) is 2.21. The average molecular weight is 223 g/mol. The fraction of sp³-hybridized carbons (Fsp3) is 0.750. The zero-order valence-corrected chi connectivity index (χ0v) is 10.2. The van der Waals surface area contributed by atoms with Crippen LogP contribution in [0.15, 0.2) is 10.6 Å². The Morgan fingerprint density at radius 3 is 3.19 bits per heavy atom. The van der Waals surface area contributed by atoms with E-state index in [-0.39, 0.29) is 0 Å². The molecule has 16 heavy (non-hydrogen) atoms. The molecule has 1 fully saturated rings. The summed E-state index contributed by atoms with van der Waals surface area (Å²) >= 11 is 0. The molecule has 1 aliphatic heterocycles. The summed E-state index contributed by atoms with van der Waals surface area (Å²) in [6, 6.07) is 2.68. The highest BCUT2D eigenvalue weighted by Gasteiger charge is 2.22. The van der Waals surface area contributed by atoms with Gasteiger partial charge in [0.15, 0.2) is 0 Å². The third-order valence-corrected chi connectivity index (χ3v) is 3.02. The topological polar surface area (TPSA) is 41.3 Å². The van der Waals surface area contributed by atoms with Crippen LogP contribution in [0.2, 0.25) is 0 Å². The first-order valence-corrected chi connectivity index (χ1v) is 6.16. The minimum atomic E-state index is 0.660. The number of likely N-dealkylation sites (tertiary alicyclic amines) is 1. The lowest BCUT2D eigenvalue weighted by atomic mass is 10.2. The van der Waals surface area contributed by atoms with Gasteiger partial charge in [-0.05, 0) is 26.3 Å². The lowest BCUT2D eigenvalue weighted by Gasteiger charge is -2.14. The van der Waals surface area contributed by atoms with E-state index in [1.165, 1.54) is 12.8 Å². The van der Waals surface area contributed by atoms with Crippen LogP contribution in [0.25, 0.3) is 0 Å². The van der Waals surface area contributed by atoms with Crippen molar-refractivity contribution in [3.63, 3.8) is 0 Å². The summed E-state index contributed by atoms with van der Waals surface area (Å²) in [4.78, 5) is 2.44. The lowest BCUT2D eigenvalue weighted by molar-refractivity contribution is 0.303. The smallest absolute Gasteiger partial charge is 0.133 e. The molecule has 1 aliphatic rings. The van der Waals surface area contributed by atoms with Gasteiger partial charge in [-0.2, -0.15) is 0 Å². The summed E-state index contributed by atoms with van der Waals surface area (Å²) < 4.78 is 5.07. The minimum absolute atomic E-state index is 0.660. The standard InChI is InChI=1S/C12H21N3O/c1-3-5-13-11-4-6-15(8-11)9-12-7-10(2)16-14-12/h7,11,13H,3-6,8-9H2,1-2H3. The molecule has 1 aromatic heterocycles. The highest BCUT2D eigenvalue weighted by molar-refractivity contribution is 5.03. The van der Waals surface area contributed by atoms with Crippen LogP contribution in [0.4, 0.5) is 0 Å². The van der Waals surface area contributed by atoms with Gasteiger partial charge in [0.25, 0.3) is 0 Å². The van der Waals surface area contributed by atoms with E-state index >= 15 is 0 Å². The Morgan fingerprint density at radius 1 is 1.62 bits per heavy atom. The van der Waals surface area contributed by atoms with Crippen molar-refractivity contribution in [3.8, 4) is 0 Å². The maximum Gasteiger partial charge on any atom is 0.133 e. The molecule has 2 rings (SSSR count). The highest BCUT2D eigenvalue weighted by Crippen LogP contribution is 2.13. The van der Waals surface area contributed by atoms with Gasteiger partial charge in [-0.1, -0.05) is 12.1 Å². The molecule has 0 bridgehead atoms. The Labute approximate surface area is 97.0 Å². The fourth-order valence-electron chi connectivity index (χ4n) is 2.21. The lowest BCUT2D eigenvalue weighted by Crippen LogP contribution is -2.32. The van der Waals surface area contributed by atoms with Gasteiger partial charge in [-0.25, -0.2) is 0 Å². The van der Waals surface area contributed by atoms with Crippen molar-refractivity contribution in [3.05, 3.63) is 17.5 Å². The Bertz CT molecular complexity index is 324. The van der Waals surface area contributed by atoms with Crippen molar-refractivity contribution < 1.29 is 4.52 Å². The third-order valence-electron chi connectivity index (χ3n) is 3.02. The van der Waals surface area contributed by atoms with E-state index in [1.54, 1.807) is 0 Å². The number of nitrogens with zero attached hydrogens (tertiary/aromatic N) is 2. The molecule has 0 radical (unpaired) electrons. The number of hydrogen-bond acceptors (Lipinski definition) is 4. The molecular weight excluding hydrogens is 202 g/mol. The number of aryl methyl sites for hydroxylation is 1. The van der Waals surface area contributed by atoms with E-state index in [2.05, 4.69) is 22.3 Å². The van der Waals surface area contributed by atoms with Gasteiger partial charge < -0.3 is 9.84 Å². The van der Waals surface area contributed by atoms with E-state index in [9.17, 15) is 0 Å². The van der Waals surface area contributed by atoms with Crippen LogP contribution in [-0.2, 0) is 6.54 Å². The SMILES string of the molecule is CCCNC1CCN(Cc2cc(C)on2)C1. The number of hydrogen-bond donors (Lipinski definition) is 1. The second-order valence-corrected chi connectivity index (χ2v) is 4.60. The summed E-state index contributed by atoms with van der Waals surface area (Å²) in [5, 5.41) is 7.60. The average Bonchev–Trinajstić information content (AvgIpc) is 2.86. The molecule has 1 atom stereocenters. The van der Waals surface area contributed by atoms with E-state index < -0.39 is 0 Å². The predicted molar refractivity (Wildman–Crippen MR) is 63.2 cm³/mol. The van der Waals surface area contributed by atoms with Crippen LogP contribution in [-0.4, -0.2) is 35.7 Å². The molecular formula is C12H21N3O. The quantitative estimate of drug-likeness (QED) is 0.822. The van der Waals surface area contributed by atoms with Crippen LogP contribution < -0.4 is 5.32 Å². The third kappa shape index (κ3) is 3.06. The Kier molecular flexibility index (Phi) is 3.96. The van der Waals surface area contributed by atoms with Crippen molar-refractivity contribution in [2.45, 2.75) is 39.3 Å². The maximum atomic E-state index is 5.07. The summed E-state index contributed by atoms with van der Waals surface area (Å²) in [6.45, 7) is 8.48. The van der Waals surface area contributed by atoms with Gasteiger partial charge >= 0.3 is 0 Å². The molecule has 90 valence electrons. The monoisotopic (exact) mass is 223 g/mol. The molecule has 4 nitrogen and oxygen atoms in total. The van der Waals surface area contributed by atoms with Crippen LogP contribution in [0.3, 0.4) is 0 Å². The number of nitrogens with one attached hydrogen (secondary N) is 1. The first-order valence-electron chi connectivity index (χ1n) is 6.16. The molecule has 1 N–H and O–H groups in total. The predicted octanol–water partition coefficient (Wildman–Crippen LogP) is 1.56. The molecule has 1 aromatic rings. The van der Waals surface area contributed by atoms with Crippen LogP contribution in [0, 0.1) is 6.92 Å². The van der Waals surface area contributed by atoms with Gasteiger partial charge in [0, 0.05) is 31.7 Å². The second-order valence-electron chi connectivity index (χ2n) is 4.60. The number of aromatic nitrogens is 1. The van der Waals surface area contributed by atoms with Gasteiger partial charge in [0.2, 0.25) is 0 Å². The van der Waals surface area contributed by atoms with E-state index in [0.29, 0.717) is 6.04 Å². The van der Waals surface area contributed by atoms with E-state index in [4.69, 9.17) is 4.52 Å². The Hall–Kier alpha value is -0.870. The summed E-state index contributed by atoms with van der Waals surface area (Å²) in [7, 11) is 0. The van der Waals surface area contributed by atoms with E-state index in [1.807, 2.05) is 13.0 Å². The molecule has 0 saturated carbocycles. The Balaban J connectivity index is 1.76. The maximum absolute atomic E-state index is 5.07. The largest absolute Gasteiger partial charge is 0.361 e. The first kappa shape index (κ1) is 11.6. The van der Waals surface area contributed by atoms with Gasteiger partial charge in [0.1, 0.15) is 5.76 Å². The van der Waals surface area contributed by atoms with Gasteiger partial charge in [-0.15, -0.1) is 0 Å². The van der Waals surface area contributed by atoms with Gasteiger partial charge in [0.05, 0.1) is 5.69 Å². The van der Waals surface area contributed by atoms with Crippen LogP contribution >= 0.6 is 0 Å². The second kappa shape index (κ2) is 5.46. The van der Waals surface area contributed by atoms with Crippen molar-refractivity contribution in [2.24, 2.45) is 0 Å². The molecule has 1 saturated heterocycles. The van der Waals surface area contributed by atoms with Crippen LogP contribution in [0.5, 0.6) is 0 Å². The normalized spacial score (nSPS) is 21.8. The summed E-state index contributed by atoms with van der Waals surface area (Å²) in [5.74, 6) is 0.898. The molecule has 0 aliphatic carbocycles. The molecule has 2 heterocycles. The van der Waals surface area contributed by atoms with Crippen LogP contribution in [0.1, 0.15) is 31.2 Å². The number of rotatable bonds is 5. The summed E-state index contributed by atoms with van der Waals surface area (Å²) in [6.07, 6.45) is 2.45.